The molecule has 54 valence electrons. The van der Waals surface area contributed by atoms with Crippen molar-refractivity contribution in [2.75, 3.05) is 0 Å². The molecule has 1 nitrogen and oxygen atoms in total. The fourth-order valence-corrected chi connectivity index (χ4v) is 0.739. The topological polar surface area (TPSA) is 26.0 Å². The summed E-state index contributed by atoms with van der Waals surface area (Å²) in [5, 5.41) is 0. The van der Waals surface area contributed by atoms with Gasteiger partial charge in [-0.1, -0.05) is 32.9 Å². The molecule has 0 saturated carbocycles. The molecule has 1 atom stereocenters. The van der Waals surface area contributed by atoms with Crippen molar-refractivity contribution in [2.24, 2.45) is 11.1 Å². The molecule has 0 aliphatic heterocycles. The van der Waals surface area contributed by atoms with Crippen molar-refractivity contribution in [3.8, 4) is 0 Å². The van der Waals surface area contributed by atoms with E-state index >= 15 is 0 Å². The van der Waals surface area contributed by atoms with Crippen molar-refractivity contribution in [1.29, 1.82) is 0 Å². The molecule has 0 rings (SSSR count). The monoisotopic (exact) mass is 127 g/mol. The van der Waals surface area contributed by atoms with Crippen molar-refractivity contribution in [2.45, 2.75) is 33.7 Å². The highest BCUT2D eigenvalue weighted by Crippen LogP contribution is 2.21. The van der Waals surface area contributed by atoms with Crippen LogP contribution in [0.4, 0.5) is 0 Å². The summed E-state index contributed by atoms with van der Waals surface area (Å²) in [6, 6.07) is 0.123. The average molecular weight is 127 g/mol. The van der Waals surface area contributed by atoms with Crippen LogP contribution in [0.5, 0.6) is 0 Å². The van der Waals surface area contributed by atoms with Crippen LogP contribution in [0.25, 0.3) is 0 Å². The molecule has 0 saturated heterocycles. The van der Waals surface area contributed by atoms with E-state index in [4.69, 9.17) is 5.73 Å². The molecule has 0 aliphatic carbocycles. The van der Waals surface area contributed by atoms with Gasteiger partial charge in [-0.25, -0.2) is 0 Å². The van der Waals surface area contributed by atoms with E-state index in [1.807, 2.05) is 6.92 Å². The lowest BCUT2D eigenvalue weighted by Gasteiger charge is -2.27. The molecule has 0 heterocycles. The Morgan fingerprint density at radius 1 is 1.44 bits per heavy atom. The maximum atomic E-state index is 5.79. The van der Waals surface area contributed by atoms with Gasteiger partial charge in [-0.3, -0.25) is 0 Å². The largest absolute Gasteiger partial charge is 0.324 e. The smallest absolute Gasteiger partial charge is 0.0297 e. The second kappa shape index (κ2) is 2.53. The van der Waals surface area contributed by atoms with Gasteiger partial charge in [0.2, 0.25) is 0 Å². The Morgan fingerprint density at radius 3 is 1.78 bits per heavy atom. The van der Waals surface area contributed by atoms with Crippen molar-refractivity contribution in [1.82, 2.24) is 0 Å². The molecule has 0 aliphatic rings. The molecule has 0 fully saturated rings. The molecule has 0 spiro atoms. The van der Waals surface area contributed by atoms with Crippen LogP contribution in [0.1, 0.15) is 27.7 Å². The summed E-state index contributed by atoms with van der Waals surface area (Å²) in [5.41, 5.74) is 7.01. The van der Waals surface area contributed by atoms with Crippen molar-refractivity contribution < 1.29 is 0 Å². The van der Waals surface area contributed by atoms with Gasteiger partial charge in [-0.2, -0.15) is 0 Å². The quantitative estimate of drug-likeness (QED) is 0.535. The van der Waals surface area contributed by atoms with E-state index in [0.717, 1.165) is 5.57 Å². The van der Waals surface area contributed by atoms with Gasteiger partial charge >= 0.3 is 0 Å². The van der Waals surface area contributed by atoms with Gasteiger partial charge < -0.3 is 5.73 Å². The Kier molecular flexibility index (Phi) is 2.44. The normalized spacial score (nSPS) is 15.2. The Bertz CT molecular complexity index is 108. The summed E-state index contributed by atoms with van der Waals surface area (Å²) in [4.78, 5) is 0. The van der Waals surface area contributed by atoms with Crippen LogP contribution in [0, 0.1) is 5.41 Å². The summed E-state index contributed by atoms with van der Waals surface area (Å²) in [6.07, 6.45) is 0. The Labute approximate surface area is 57.9 Å². The van der Waals surface area contributed by atoms with E-state index in [9.17, 15) is 0 Å². The van der Waals surface area contributed by atoms with Crippen molar-refractivity contribution >= 4 is 0 Å². The third-order valence-electron chi connectivity index (χ3n) is 1.46. The van der Waals surface area contributed by atoms with Gasteiger partial charge in [0.05, 0.1) is 0 Å². The van der Waals surface area contributed by atoms with Crippen molar-refractivity contribution in [3.63, 3.8) is 0 Å². The predicted octanol–water partition coefficient (Wildman–Crippen LogP) is 1.94. The third-order valence-corrected chi connectivity index (χ3v) is 1.46. The van der Waals surface area contributed by atoms with E-state index in [0.29, 0.717) is 0 Å². The highest BCUT2D eigenvalue weighted by molar-refractivity contribution is 5.04. The van der Waals surface area contributed by atoms with Crippen LogP contribution in [0.15, 0.2) is 12.2 Å². The van der Waals surface area contributed by atoms with E-state index in [1.54, 1.807) is 0 Å². The van der Waals surface area contributed by atoms with Crippen molar-refractivity contribution in [3.05, 3.63) is 12.2 Å². The first-order valence-electron chi connectivity index (χ1n) is 3.26. The molecule has 0 aromatic heterocycles. The minimum absolute atomic E-state index is 0.123. The van der Waals surface area contributed by atoms with Crippen LogP contribution < -0.4 is 5.73 Å². The molecule has 0 radical (unpaired) electrons. The number of rotatable bonds is 1. The van der Waals surface area contributed by atoms with E-state index in [-0.39, 0.29) is 11.5 Å². The first-order valence-corrected chi connectivity index (χ1v) is 3.26. The first kappa shape index (κ1) is 8.70. The lowest BCUT2D eigenvalue weighted by atomic mass is 9.84. The maximum Gasteiger partial charge on any atom is 0.0297 e. The zero-order valence-corrected chi connectivity index (χ0v) is 6.86. The van der Waals surface area contributed by atoms with Gasteiger partial charge in [0.25, 0.3) is 0 Å². The molecular weight excluding hydrogens is 110 g/mol. The summed E-state index contributed by atoms with van der Waals surface area (Å²) in [6.45, 7) is 12.1. The van der Waals surface area contributed by atoms with E-state index in [2.05, 4.69) is 27.4 Å². The molecule has 0 aromatic carbocycles. The second-order valence-electron chi connectivity index (χ2n) is 3.69. The number of hydrogen-bond donors (Lipinski definition) is 1. The van der Waals surface area contributed by atoms with Gasteiger partial charge in [-0.15, -0.1) is 0 Å². The van der Waals surface area contributed by atoms with E-state index < -0.39 is 0 Å². The maximum absolute atomic E-state index is 5.79. The zero-order valence-electron chi connectivity index (χ0n) is 6.86. The SMILES string of the molecule is C=C(C)[C@@H](N)C(C)(C)C. The van der Waals surface area contributed by atoms with Gasteiger partial charge in [0.1, 0.15) is 0 Å². The molecule has 0 aromatic rings. The van der Waals surface area contributed by atoms with Crippen LogP contribution in [-0.4, -0.2) is 6.04 Å². The van der Waals surface area contributed by atoms with Gasteiger partial charge in [0.15, 0.2) is 0 Å². The van der Waals surface area contributed by atoms with Crippen LogP contribution in [-0.2, 0) is 0 Å². The fraction of sp³-hybridized carbons (Fsp3) is 0.750. The molecule has 2 N–H and O–H groups in total. The van der Waals surface area contributed by atoms with Gasteiger partial charge in [0, 0.05) is 6.04 Å². The third kappa shape index (κ3) is 2.66. The summed E-state index contributed by atoms with van der Waals surface area (Å²) in [5.74, 6) is 0. The number of hydrogen-bond acceptors (Lipinski definition) is 1. The van der Waals surface area contributed by atoms with Crippen LogP contribution in [0.3, 0.4) is 0 Å². The molecule has 1 heteroatoms. The molecule has 0 amide bonds. The fourth-order valence-electron chi connectivity index (χ4n) is 0.739. The highest BCUT2D eigenvalue weighted by Gasteiger charge is 2.20. The first-order chi connectivity index (χ1) is 3.85. The molecule has 0 bridgehead atoms. The molecule has 0 unspecified atom stereocenters. The predicted molar refractivity (Wildman–Crippen MR) is 42.2 cm³/mol. The minimum atomic E-state index is 0.123. The Morgan fingerprint density at radius 2 is 1.78 bits per heavy atom. The second-order valence-corrected chi connectivity index (χ2v) is 3.69. The summed E-state index contributed by atoms with van der Waals surface area (Å²) < 4.78 is 0. The van der Waals surface area contributed by atoms with E-state index in [1.165, 1.54) is 0 Å². The molecular formula is C8H17N. The molecule has 9 heavy (non-hydrogen) atoms. The highest BCUT2D eigenvalue weighted by atomic mass is 14.7. The Balaban J connectivity index is 4.04. The zero-order chi connectivity index (χ0) is 7.65. The minimum Gasteiger partial charge on any atom is -0.324 e. The number of nitrogens with two attached hydrogens (primary N) is 1. The van der Waals surface area contributed by atoms with Crippen LogP contribution in [0.2, 0.25) is 0 Å². The summed E-state index contributed by atoms with van der Waals surface area (Å²) >= 11 is 0. The lowest BCUT2D eigenvalue weighted by molar-refractivity contribution is 0.354. The Hall–Kier alpha value is -0.300. The average Bonchev–Trinajstić information content (AvgIpc) is 1.62. The van der Waals surface area contributed by atoms with Gasteiger partial charge in [-0.05, 0) is 12.3 Å². The van der Waals surface area contributed by atoms with Crippen LogP contribution >= 0.6 is 0 Å². The lowest BCUT2D eigenvalue weighted by Crippen LogP contribution is -2.35. The summed E-state index contributed by atoms with van der Waals surface area (Å²) in [7, 11) is 0. The standard InChI is InChI=1S/C8H17N/c1-6(2)7(9)8(3,4)5/h7H,1,9H2,2-5H3/t7-/m1/s1.